The SMILES string of the molecule is CC/C=C/C/C=C/C/C=C/C/C=C/CCCCC(=O)O[C@H](COC(=O)CCCCCCCCC/C=C/CCCCCC)COP(=O)(O)OCCN. The fourth-order valence-corrected chi connectivity index (χ4v) is 5.74. The smallest absolute Gasteiger partial charge is 0.462 e. The van der Waals surface area contributed by atoms with Crippen molar-refractivity contribution in [3.63, 3.8) is 0 Å². The van der Waals surface area contributed by atoms with E-state index in [4.69, 9.17) is 24.3 Å². The molecule has 0 saturated heterocycles. The minimum absolute atomic E-state index is 0.0434. The van der Waals surface area contributed by atoms with Crippen molar-refractivity contribution >= 4 is 19.8 Å². The van der Waals surface area contributed by atoms with E-state index in [-0.39, 0.29) is 32.6 Å². The Morgan fingerprint density at radius 3 is 1.67 bits per heavy atom. The van der Waals surface area contributed by atoms with E-state index in [1.54, 1.807) is 0 Å². The fraction of sp³-hybridized carbons (Fsp3) is 0.707. The van der Waals surface area contributed by atoms with E-state index in [9.17, 15) is 19.0 Å². The topological polar surface area (TPSA) is 134 Å². The first kappa shape index (κ1) is 48.7. The molecular weight excluding hydrogens is 665 g/mol. The predicted octanol–water partition coefficient (Wildman–Crippen LogP) is 10.9. The van der Waals surface area contributed by atoms with Gasteiger partial charge in [0.2, 0.25) is 0 Å². The van der Waals surface area contributed by atoms with E-state index < -0.39 is 32.5 Å². The maximum Gasteiger partial charge on any atom is 0.472 e. The Bertz CT molecular complexity index is 1020. The lowest BCUT2D eigenvalue weighted by atomic mass is 10.1. The van der Waals surface area contributed by atoms with E-state index >= 15 is 0 Å². The van der Waals surface area contributed by atoms with Crippen LogP contribution in [-0.2, 0) is 32.7 Å². The highest BCUT2D eigenvalue weighted by Crippen LogP contribution is 2.43. The van der Waals surface area contributed by atoms with Gasteiger partial charge in [-0.2, -0.15) is 0 Å². The summed E-state index contributed by atoms with van der Waals surface area (Å²) in [5.41, 5.74) is 5.33. The van der Waals surface area contributed by atoms with Gasteiger partial charge in [0.05, 0.1) is 13.2 Å². The summed E-state index contributed by atoms with van der Waals surface area (Å²) in [5.74, 6) is -0.888. The number of rotatable bonds is 36. The third-order valence-corrected chi connectivity index (χ3v) is 8.87. The second-order valence-electron chi connectivity index (χ2n) is 12.8. The molecular formula is C41H72NO8P. The maximum atomic E-state index is 12.5. The van der Waals surface area contributed by atoms with Crippen molar-refractivity contribution in [2.75, 3.05) is 26.4 Å². The van der Waals surface area contributed by atoms with Gasteiger partial charge in [-0.15, -0.1) is 0 Å². The summed E-state index contributed by atoms with van der Waals surface area (Å²) in [5, 5.41) is 0. The Balaban J connectivity index is 4.29. The maximum absolute atomic E-state index is 12.5. The quantitative estimate of drug-likeness (QED) is 0.0279. The van der Waals surface area contributed by atoms with Crippen molar-refractivity contribution < 1.29 is 37.6 Å². The van der Waals surface area contributed by atoms with E-state index in [1.807, 2.05) is 0 Å². The highest BCUT2D eigenvalue weighted by Gasteiger charge is 2.25. The number of hydrogen-bond donors (Lipinski definition) is 2. The van der Waals surface area contributed by atoms with Gasteiger partial charge in [-0.3, -0.25) is 18.6 Å². The number of allylic oxidation sites excluding steroid dienone is 10. The zero-order valence-electron chi connectivity index (χ0n) is 32.1. The zero-order valence-corrected chi connectivity index (χ0v) is 33.0. The van der Waals surface area contributed by atoms with Gasteiger partial charge in [0, 0.05) is 19.4 Å². The van der Waals surface area contributed by atoms with Crippen LogP contribution in [0.25, 0.3) is 0 Å². The monoisotopic (exact) mass is 737 g/mol. The molecule has 0 fully saturated rings. The molecule has 0 aliphatic rings. The van der Waals surface area contributed by atoms with E-state index in [2.05, 4.69) is 74.6 Å². The number of esters is 2. The predicted molar refractivity (Wildman–Crippen MR) is 210 cm³/mol. The number of hydrogen-bond acceptors (Lipinski definition) is 8. The Kier molecular flexibility index (Phi) is 35.8. The van der Waals surface area contributed by atoms with Gasteiger partial charge < -0.3 is 20.1 Å². The number of phosphoric acid groups is 1. The van der Waals surface area contributed by atoms with Gasteiger partial charge in [-0.1, -0.05) is 126 Å². The Morgan fingerprint density at radius 2 is 1.08 bits per heavy atom. The Morgan fingerprint density at radius 1 is 0.608 bits per heavy atom. The first-order valence-corrected chi connectivity index (χ1v) is 21.3. The summed E-state index contributed by atoms with van der Waals surface area (Å²) in [6.45, 7) is 3.53. The molecule has 0 heterocycles. The van der Waals surface area contributed by atoms with Gasteiger partial charge >= 0.3 is 19.8 Å². The van der Waals surface area contributed by atoms with Crippen LogP contribution in [0.1, 0.15) is 155 Å². The molecule has 0 amide bonds. The largest absolute Gasteiger partial charge is 0.472 e. The van der Waals surface area contributed by atoms with Gasteiger partial charge in [-0.05, 0) is 77.0 Å². The summed E-state index contributed by atoms with van der Waals surface area (Å²) in [6, 6.07) is 0. The molecule has 9 nitrogen and oxygen atoms in total. The normalized spacial score (nSPS) is 14.0. The van der Waals surface area contributed by atoms with Crippen LogP contribution in [0, 0.1) is 0 Å². The molecule has 51 heavy (non-hydrogen) atoms. The molecule has 0 saturated carbocycles. The molecule has 0 bridgehead atoms. The van der Waals surface area contributed by atoms with Crippen molar-refractivity contribution in [1.29, 1.82) is 0 Å². The first-order chi connectivity index (χ1) is 24.8. The highest BCUT2D eigenvalue weighted by atomic mass is 31.2. The number of ether oxygens (including phenoxy) is 2. The van der Waals surface area contributed by atoms with Crippen LogP contribution in [0.4, 0.5) is 0 Å². The number of carbonyl (C=O) groups excluding carboxylic acids is 2. The molecule has 1 unspecified atom stereocenters. The van der Waals surface area contributed by atoms with Crippen molar-refractivity contribution in [2.45, 2.75) is 161 Å². The minimum Gasteiger partial charge on any atom is -0.462 e. The number of nitrogens with two attached hydrogens (primary N) is 1. The second kappa shape index (κ2) is 37.5. The standard InChI is InChI=1S/C41H72NO8P/c1-3-5-7-9-11-13-15-17-19-21-23-25-27-29-31-33-40(43)47-37-39(38-49-51(45,46)48-36-35-42)50-41(44)34-32-30-28-26-24-22-20-18-16-14-12-10-8-6-4-2/h6,8,12-15,18,20,24,26,39H,3-5,7,9-11,16-17,19,21-23,25,27-38,42H2,1-2H3,(H,45,46)/b8-6+,14-12+,15-13+,20-18+,26-24+/t39-/m1/s1. The number of carbonyl (C=O) groups is 2. The lowest BCUT2D eigenvalue weighted by Gasteiger charge is -2.19. The number of unbranched alkanes of at least 4 members (excludes halogenated alkanes) is 13. The first-order valence-electron chi connectivity index (χ1n) is 19.8. The lowest BCUT2D eigenvalue weighted by Crippen LogP contribution is -2.29. The molecule has 3 N–H and O–H groups in total. The van der Waals surface area contributed by atoms with Crippen LogP contribution in [0.5, 0.6) is 0 Å². The van der Waals surface area contributed by atoms with Crippen LogP contribution in [-0.4, -0.2) is 49.3 Å². The van der Waals surface area contributed by atoms with Gasteiger partial charge in [0.1, 0.15) is 6.61 Å². The molecule has 0 aromatic rings. The molecule has 0 spiro atoms. The summed E-state index contributed by atoms with van der Waals surface area (Å²) >= 11 is 0. The van der Waals surface area contributed by atoms with Crippen LogP contribution in [0.3, 0.4) is 0 Å². The van der Waals surface area contributed by atoms with E-state index in [0.29, 0.717) is 6.42 Å². The molecule has 2 atom stereocenters. The van der Waals surface area contributed by atoms with Gasteiger partial charge in [0.25, 0.3) is 0 Å². The molecule has 0 radical (unpaired) electrons. The Hall–Kier alpha value is -2.29. The lowest BCUT2D eigenvalue weighted by molar-refractivity contribution is -0.161. The van der Waals surface area contributed by atoms with Crippen molar-refractivity contribution in [3.05, 3.63) is 60.8 Å². The van der Waals surface area contributed by atoms with Crippen molar-refractivity contribution in [2.24, 2.45) is 5.73 Å². The van der Waals surface area contributed by atoms with Gasteiger partial charge in [-0.25, -0.2) is 4.57 Å². The van der Waals surface area contributed by atoms with E-state index in [1.165, 1.54) is 51.4 Å². The van der Waals surface area contributed by atoms with Crippen LogP contribution in [0.15, 0.2) is 60.8 Å². The van der Waals surface area contributed by atoms with Crippen LogP contribution >= 0.6 is 7.82 Å². The molecule has 0 rings (SSSR count). The average Bonchev–Trinajstić information content (AvgIpc) is 3.11. The molecule has 0 aromatic carbocycles. The van der Waals surface area contributed by atoms with Crippen LogP contribution in [0.2, 0.25) is 0 Å². The van der Waals surface area contributed by atoms with E-state index in [0.717, 1.165) is 70.6 Å². The fourth-order valence-electron chi connectivity index (χ4n) is 4.97. The number of phosphoric ester groups is 1. The molecule has 10 heteroatoms. The van der Waals surface area contributed by atoms with Gasteiger partial charge in [0.15, 0.2) is 6.10 Å². The molecule has 294 valence electrons. The minimum atomic E-state index is -4.39. The molecule has 0 aliphatic heterocycles. The third kappa shape index (κ3) is 37.3. The summed E-state index contributed by atoms with van der Waals surface area (Å²) in [4.78, 5) is 34.7. The summed E-state index contributed by atoms with van der Waals surface area (Å²) in [6.07, 6.45) is 42.5. The molecule has 0 aromatic heterocycles. The second-order valence-corrected chi connectivity index (χ2v) is 14.2. The summed E-state index contributed by atoms with van der Waals surface area (Å²) < 4.78 is 32.6. The third-order valence-electron chi connectivity index (χ3n) is 7.89. The van der Waals surface area contributed by atoms with Crippen molar-refractivity contribution in [1.82, 2.24) is 0 Å². The zero-order chi connectivity index (χ0) is 37.5. The summed E-state index contributed by atoms with van der Waals surface area (Å²) in [7, 11) is -4.39. The Labute approximate surface area is 310 Å². The highest BCUT2D eigenvalue weighted by molar-refractivity contribution is 7.47. The molecule has 0 aliphatic carbocycles. The average molecular weight is 738 g/mol. The van der Waals surface area contributed by atoms with Crippen molar-refractivity contribution in [3.8, 4) is 0 Å². The van der Waals surface area contributed by atoms with Crippen LogP contribution < -0.4 is 5.73 Å².